The van der Waals surface area contributed by atoms with Crippen molar-refractivity contribution in [2.45, 2.75) is 34.2 Å². The molecule has 0 amide bonds. The zero-order valence-corrected chi connectivity index (χ0v) is 10.1. The summed E-state index contributed by atoms with van der Waals surface area (Å²) in [7, 11) is 2.11. The molecule has 0 saturated carbocycles. The van der Waals surface area contributed by atoms with Crippen LogP contribution in [0.15, 0.2) is 6.07 Å². The molecule has 2 heterocycles. The Morgan fingerprint density at radius 2 is 2.00 bits per heavy atom. The van der Waals surface area contributed by atoms with Gasteiger partial charge in [0.25, 0.3) is 5.82 Å². The van der Waals surface area contributed by atoms with Crippen LogP contribution < -0.4 is 4.57 Å². The smallest absolute Gasteiger partial charge is 0.254 e. The zero-order valence-electron chi connectivity index (χ0n) is 10.1. The van der Waals surface area contributed by atoms with Crippen LogP contribution in [-0.2, 0) is 13.6 Å². The van der Waals surface area contributed by atoms with Crippen LogP contribution in [0.3, 0.4) is 0 Å². The Morgan fingerprint density at radius 1 is 1.33 bits per heavy atom. The van der Waals surface area contributed by atoms with Gasteiger partial charge in [0.15, 0.2) is 11.0 Å². The molecule has 0 N–H and O–H groups in total. The minimum atomic E-state index is 0.995. The molecule has 0 atom stereocenters. The Balaban J connectivity index is 2.97. The molecule has 2 aromatic rings. The molecule has 0 aliphatic heterocycles. The van der Waals surface area contributed by atoms with E-state index in [0.29, 0.717) is 0 Å². The summed E-state index contributed by atoms with van der Waals surface area (Å²) in [6, 6.07) is 2.15. The third-order valence-corrected chi connectivity index (χ3v) is 3.10. The zero-order chi connectivity index (χ0) is 11.2. The van der Waals surface area contributed by atoms with E-state index in [-0.39, 0.29) is 0 Å². The Hall–Kier alpha value is -1.38. The molecule has 0 aromatic carbocycles. The molecule has 80 valence electrons. The van der Waals surface area contributed by atoms with Crippen LogP contribution in [0.1, 0.15) is 24.1 Å². The summed E-state index contributed by atoms with van der Waals surface area (Å²) in [6.07, 6.45) is 0. The summed E-state index contributed by atoms with van der Waals surface area (Å²) >= 11 is 0. The van der Waals surface area contributed by atoms with E-state index in [4.69, 9.17) is 0 Å². The number of imidazole rings is 1. The van der Waals surface area contributed by atoms with Gasteiger partial charge in [0, 0.05) is 18.7 Å². The minimum absolute atomic E-state index is 0.995. The van der Waals surface area contributed by atoms with Gasteiger partial charge in [-0.25, -0.2) is 9.13 Å². The third-order valence-electron chi connectivity index (χ3n) is 3.10. The van der Waals surface area contributed by atoms with Gasteiger partial charge in [0.1, 0.15) is 0 Å². The summed E-state index contributed by atoms with van der Waals surface area (Å²) in [5.74, 6) is 1.28. The summed E-state index contributed by atoms with van der Waals surface area (Å²) in [4.78, 5) is 4.53. The highest BCUT2D eigenvalue weighted by molar-refractivity contribution is 5.74. The van der Waals surface area contributed by atoms with E-state index in [1.165, 1.54) is 16.9 Å². The van der Waals surface area contributed by atoms with Gasteiger partial charge >= 0.3 is 0 Å². The Labute approximate surface area is 90.4 Å². The van der Waals surface area contributed by atoms with Crippen LogP contribution in [0.25, 0.3) is 11.0 Å². The third kappa shape index (κ3) is 1.34. The second-order valence-electron chi connectivity index (χ2n) is 4.07. The minimum Gasteiger partial charge on any atom is -0.254 e. The maximum atomic E-state index is 4.53. The number of aryl methyl sites for hydroxylation is 4. The number of pyridine rings is 1. The highest BCUT2D eigenvalue weighted by Gasteiger charge is 2.20. The number of fused-ring (bicyclic) bond motifs is 1. The molecule has 0 fully saturated rings. The molecule has 0 bridgehead atoms. The lowest BCUT2D eigenvalue weighted by atomic mass is 10.2. The highest BCUT2D eigenvalue weighted by Crippen LogP contribution is 2.16. The van der Waals surface area contributed by atoms with Crippen molar-refractivity contribution in [2.75, 3.05) is 0 Å². The lowest BCUT2D eigenvalue weighted by Crippen LogP contribution is -2.35. The lowest BCUT2D eigenvalue weighted by molar-refractivity contribution is -0.675. The summed E-state index contributed by atoms with van der Waals surface area (Å²) in [6.45, 7) is 9.45. The second kappa shape index (κ2) is 3.33. The Morgan fingerprint density at radius 3 is 2.60 bits per heavy atom. The fraction of sp³-hybridized carbons (Fsp3) is 0.500. The van der Waals surface area contributed by atoms with E-state index in [1.807, 2.05) is 6.92 Å². The largest absolute Gasteiger partial charge is 0.254 e. The van der Waals surface area contributed by atoms with Gasteiger partial charge in [0.2, 0.25) is 0 Å². The van der Waals surface area contributed by atoms with Crippen LogP contribution in [0.4, 0.5) is 0 Å². The average molecular weight is 204 g/mol. The number of aromatic nitrogens is 3. The molecular formula is C12H18N3+. The van der Waals surface area contributed by atoms with E-state index in [9.17, 15) is 0 Å². The first-order valence-corrected chi connectivity index (χ1v) is 5.39. The molecule has 0 aliphatic rings. The summed E-state index contributed by atoms with van der Waals surface area (Å²) in [5, 5.41) is 0. The molecule has 0 aliphatic carbocycles. The molecule has 2 rings (SSSR count). The predicted octanol–water partition coefficient (Wildman–Crippen LogP) is 1.81. The molecule has 2 aromatic heterocycles. The molecule has 15 heavy (non-hydrogen) atoms. The maximum absolute atomic E-state index is 4.53. The molecule has 0 unspecified atom stereocenters. The highest BCUT2D eigenvalue weighted by atomic mass is 15.2. The first-order valence-electron chi connectivity index (χ1n) is 5.39. The second-order valence-corrected chi connectivity index (χ2v) is 4.07. The Bertz CT molecular complexity index is 523. The van der Waals surface area contributed by atoms with Crippen molar-refractivity contribution in [1.29, 1.82) is 0 Å². The van der Waals surface area contributed by atoms with E-state index in [2.05, 4.69) is 48.0 Å². The SMILES string of the molecule is CC[n+]1c(C)n(C)c2cc(C)nc(C)c21. The van der Waals surface area contributed by atoms with Gasteiger partial charge in [-0.15, -0.1) is 0 Å². The van der Waals surface area contributed by atoms with Crippen LogP contribution in [0, 0.1) is 20.8 Å². The number of hydrogen-bond donors (Lipinski definition) is 0. The normalized spacial score (nSPS) is 11.3. The van der Waals surface area contributed by atoms with Crippen molar-refractivity contribution in [3.63, 3.8) is 0 Å². The summed E-state index contributed by atoms with van der Waals surface area (Å²) in [5.41, 5.74) is 4.75. The van der Waals surface area contributed by atoms with Crippen molar-refractivity contribution < 1.29 is 4.57 Å². The van der Waals surface area contributed by atoms with Crippen molar-refractivity contribution in [3.8, 4) is 0 Å². The van der Waals surface area contributed by atoms with Crippen LogP contribution in [-0.4, -0.2) is 9.55 Å². The molecule has 0 spiro atoms. The van der Waals surface area contributed by atoms with Crippen LogP contribution in [0.2, 0.25) is 0 Å². The van der Waals surface area contributed by atoms with Gasteiger partial charge in [-0.2, -0.15) is 0 Å². The molecule has 3 heteroatoms. The predicted molar refractivity (Wildman–Crippen MR) is 60.8 cm³/mol. The van der Waals surface area contributed by atoms with Gasteiger partial charge in [0.05, 0.1) is 19.3 Å². The molecule has 0 radical (unpaired) electrons. The summed E-state index contributed by atoms with van der Waals surface area (Å²) < 4.78 is 4.55. The number of hydrogen-bond acceptors (Lipinski definition) is 1. The molecule has 3 nitrogen and oxygen atoms in total. The average Bonchev–Trinajstić information content (AvgIpc) is 2.42. The van der Waals surface area contributed by atoms with Gasteiger partial charge in [-0.1, -0.05) is 0 Å². The van der Waals surface area contributed by atoms with E-state index >= 15 is 0 Å². The lowest BCUT2D eigenvalue weighted by Gasteiger charge is -1.97. The maximum Gasteiger partial charge on any atom is 0.254 e. The van der Waals surface area contributed by atoms with Crippen molar-refractivity contribution >= 4 is 11.0 Å². The first kappa shape index (κ1) is 10.1. The fourth-order valence-electron chi connectivity index (χ4n) is 2.29. The molecular weight excluding hydrogens is 186 g/mol. The van der Waals surface area contributed by atoms with E-state index in [0.717, 1.165) is 17.9 Å². The quantitative estimate of drug-likeness (QED) is 0.649. The van der Waals surface area contributed by atoms with Crippen LogP contribution >= 0.6 is 0 Å². The van der Waals surface area contributed by atoms with Crippen molar-refractivity contribution in [2.24, 2.45) is 7.05 Å². The van der Waals surface area contributed by atoms with Gasteiger partial charge in [-0.05, 0) is 20.8 Å². The Kier molecular flexibility index (Phi) is 2.25. The monoisotopic (exact) mass is 204 g/mol. The van der Waals surface area contributed by atoms with E-state index < -0.39 is 0 Å². The number of nitrogens with zero attached hydrogens (tertiary/aromatic N) is 3. The van der Waals surface area contributed by atoms with Gasteiger partial charge < -0.3 is 0 Å². The molecule has 0 saturated heterocycles. The topological polar surface area (TPSA) is 21.7 Å². The van der Waals surface area contributed by atoms with Crippen molar-refractivity contribution in [3.05, 3.63) is 23.3 Å². The van der Waals surface area contributed by atoms with Crippen LogP contribution in [0.5, 0.6) is 0 Å². The first-order chi connectivity index (χ1) is 7.06. The van der Waals surface area contributed by atoms with E-state index in [1.54, 1.807) is 0 Å². The standard InChI is InChI=1S/C12H18N3/c1-6-15-10(4)14(5)11-7-8(2)13-9(3)12(11)15/h7H,6H2,1-5H3/q+1. The number of rotatable bonds is 1. The van der Waals surface area contributed by atoms with Gasteiger partial charge in [-0.3, -0.25) is 4.98 Å². The van der Waals surface area contributed by atoms with Crippen molar-refractivity contribution in [1.82, 2.24) is 9.55 Å². The fourth-order valence-corrected chi connectivity index (χ4v) is 2.29.